The van der Waals surface area contributed by atoms with E-state index in [1.54, 1.807) is 35.0 Å². The first-order valence-corrected chi connectivity index (χ1v) is 8.23. The van der Waals surface area contributed by atoms with Gasteiger partial charge in [-0.25, -0.2) is 4.68 Å². The number of benzene rings is 2. The number of nitrogens with zero attached hydrogens (tertiary/aromatic N) is 3. The molecule has 0 fully saturated rings. The Morgan fingerprint density at radius 1 is 1.12 bits per heavy atom. The van der Waals surface area contributed by atoms with E-state index in [1.165, 1.54) is 0 Å². The summed E-state index contributed by atoms with van der Waals surface area (Å²) in [6.07, 6.45) is 4.60. The van der Waals surface area contributed by atoms with Gasteiger partial charge in [0.25, 0.3) is 0 Å². The van der Waals surface area contributed by atoms with Crippen molar-refractivity contribution in [3.8, 4) is 11.4 Å². The molecule has 1 N–H and O–H groups in total. The number of phenolic OH excluding ortho intramolecular Hbond substituents is 1. The molecule has 0 saturated carbocycles. The maximum atomic E-state index is 12.3. The van der Waals surface area contributed by atoms with Gasteiger partial charge in [-0.15, -0.1) is 0 Å². The predicted molar refractivity (Wildman–Crippen MR) is 96.5 cm³/mol. The number of amides is 1. The Hall–Kier alpha value is -3.08. The molecular weight excluding hydrogens is 314 g/mol. The van der Waals surface area contributed by atoms with Crippen LogP contribution in [0, 0.1) is 0 Å². The molecule has 0 radical (unpaired) electrons. The Labute approximate surface area is 147 Å². The zero-order valence-electron chi connectivity index (χ0n) is 14.2. The van der Waals surface area contributed by atoms with Gasteiger partial charge in [0, 0.05) is 31.8 Å². The first kappa shape index (κ1) is 16.8. The number of hydrogen-bond donors (Lipinski definition) is 1. The van der Waals surface area contributed by atoms with Gasteiger partial charge in [0.2, 0.25) is 5.91 Å². The molecule has 1 heterocycles. The van der Waals surface area contributed by atoms with Crippen LogP contribution < -0.4 is 0 Å². The summed E-state index contributed by atoms with van der Waals surface area (Å²) in [5, 5.41) is 14.1. The summed E-state index contributed by atoms with van der Waals surface area (Å²) in [6.45, 7) is 0.506. The molecule has 1 amide bonds. The molecule has 0 bridgehead atoms. The van der Waals surface area contributed by atoms with Crippen molar-refractivity contribution in [3.63, 3.8) is 0 Å². The van der Waals surface area contributed by atoms with E-state index in [9.17, 15) is 9.90 Å². The lowest BCUT2D eigenvalue weighted by Crippen LogP contribution is -2.26. The molecular formula is C20H21N3O2. The number of aryl methyl sites for hydroxylation is 1. The number of aromatic nitrogens is 2. The van der Waals surface area contributed by atoms with Crippen LogP contribution in [0.3, 0.4) is 0 Å². The van der Waals surface area contributed by atoms with Gasteiger partial charge >= 0.3 is 0 Å². The van der Waals surface area contributed by atoms with Gasteiger partial charge in [0.05, 0.1) is 11.9 Å². The second kappa shape index (κ2) is 7.66. The number of carbonyl (C=O) groups is 1. The molecule has 0 unspecified atom stereocenters. The lowest BCUT2D eigenvalue weighted by atomic mass is 10.1. The van der Waals surface area contributed by atoms with Crippen molar-refractivity contribution >= 4 is 5.91 Å². The fourth-order valence-corrected chi connectivity index (χ4v) is 2.68. The summed E-state index contributed by atoms with van der Waals surface area (Å²) in [5.74, 6) is 0.276. The first-order chi connectivity index (χ1) is 12.1. The lowest BCUT2D eigenvalue weighted by Gasteiger charge is -2.16. The summed E-state index contributed by atoms with van der Waals surface area (Å²) >= 11 is 0. The van der Waals surface area contributed by atoms with Crippen LogP contribution in [0.15, 0.2) is 67.0 Å². The molecule has 3 aromatic rings. The summed E-state index contributed by atoms with van der Waals surface area (Å²) in [7, 11) is 1.78. The van der Waals surface area contributed by atoms with E-state index >= 15 is 0 Å². The highest BCUT2D eigenvalue weighted by atomic mass is 16.3. The van der Waals surface area contributed by atoms with Gasteiger partial charge in [0.15, 0.2) is 0 Å². The summed E-state index contributed by atoms with van der Waals surface area (Å²) in [5.41, 5.74) is 2.76. The molecule has 3 rings (SSSR count). The van der Waals surface area contributed by atoms with Crippen LogP contribution in [-0.4, -0.2) is 32.7 Å². The number of hydrogen-bond acceptors (Lipinski definition) is 3. The lowest BCUT2D eigenvalue weighted by molar-refractivity contribution is -0.130. The highest BCUT2D eigenvalue weighted by Gasteiger charge is 2.12. The zero-order valence-corrected chi connectivity index (χ0v) is 14.2. The van der Waals surface area contributed by atoms with Crippen molar-refractivity contribution in [2.75, 3.05) is 7.05 Å². The Morgan fingerprint density at radius 2 is 1.84 bits per heavy atom. The topological polar surface area (TPSA) is 58.4 Å². The third kappa shape index (κ3) is 4.26. The minimum Gasteiger partial charge on any atom is -0.508 e. The molecule has 2 aromatic carbocycles. The molecule has 0 atom stereocenters. The third-order valence-electron chi connectivity index (χ3n) is 4.10. The van der Waals surface area contributed by atoms with Crippen molar-refractivity contribution < 1.29 is 9.90 Å². The van der Waals surface area contributed by atoms with Gasteiger partial charge < -0.3 is 10.0 Å². The van der Waals surface area contributed by atoms with Crippen molar-refractivity contribution in [1.82, 2.24) is 14.7 Å². The summed E-state index contributed by atoms with van der Waals surface area (Å²) in [4.78, 5) is 14.0. The second-order valence-corrected chi connectivity index (χ2v) is 6.01. The second-order valence-electron chi connectivity index (χ2n) is 6.01. The zero-order chi connectivity index (χ0) is 17.6. The van der Waals surface area contributed by atoms with E-state index in [0.29, 0.717) is 19.4 Å². The molecule has 5 nitrogen and oxygen atoms in total. The van der Waals surface area contributed by atoms with Crippen LogP contribution in [0.2, 0.25) is 0 Å². The molecule has 128 valence electrons. The monoisotopic (exact) mass is 335 g/mol. The molecule has 0 saturated heterocycles. The average Bonchev–Trinajstić information content (AvgIpc) is 3.10. The van der Waals surface area contributed by atoms with Gasteiger partial charge in [-0.2, -0.15) is 5.10 Å². The highest BCUT2D eigenvalue weighted by molar-refractivity contribution is 5.76. The van der Waals surface area contributed by atoms with Crippen molar-refractivity contribution in [2.24, 2.45) is 0 Å². The maximum absolute atomic E-state index is 12.3. The highest BCUT2D eigenvalue weighted by Crippen LogP contribution is 2.18. The standard InChI is InChI=1S/C20H21N3O2/c1-22(20(25)12-11-17-7-5-6-10-19(17)24)14-16-13-21-23(15-16)18-8-3-2-4-9-18/h2-10,13,15,24H,11-12,14H2,1H3. The quantitative estimate of drug-likeness (QED) is 0.753. The molecule has 0 aliphatic rings. The Bertz CT molecular complexity index is 843. The van der Waals surface area contributed by atoms with E-state index in [1.807, 2.05) is 48.7 Å². The molecule has 0 aliphatic heterocycles. The van der Waals surface area contributed by atoms with Crippen LogP contribution in [-0.2, 0) is 17.8 Å². The number of carbonyl (C=O) groups excluding carboxylic acids is 1. The smallest absolute Gasteiger partial charge is 0.222 e. The number of phenols is 1. The van der Waals surface area contributed by atoms with Crippen molar-refractivity contribution in [1.29, 1.82) is 0 Å². The minimum atomic E-state index is 0.0377. The molecule has 0 spiro atoms. The molecule has 25 heavy (non-hydrogen) atoms. The Morgan fingerprint density at radius 3 is 2.60 bits per heavy atom. The normalized spacial score (nSPS) is 10.6. The van der Waals surface area contributed by atoms with E-state index in [4.69, 9.17) is 0 Å². The Kier molecular flexibility index (Phi) is 5.14. The van der Waals surface area contributed by atoms with Gasteiger partial charge in [-0.05, 0) is 30.2 Å². The summed E-state index contributed by atoms with van der Waals surface area (Å²) in [6, 6.07) is 17.0. The van der Waals surface area contributed by atoms with Crippen molar-refractivity contribution in [3.05, 3.63) is 78.1 Å². The maximum Gasteiger partial charge on any atom is 0.222 e. The Balaban J connectivity index is 1.57. The fourth-order valence-electron chi connectivity index (χ4n) is 2.68. The molecule has 1 aromatic heterocycles. The molecule has 0 aliphatic carbocycles. The van der Waals surface area contributed by atoms with Crippen LogP contribution >= 0.6 is 0 Å². The van der Waals surface area contributed by atoms with Crippen LogP contribution in [0.1, 0.15) is 17.5 Å². The average molecular weight is 335 g/mol. The van der Waals surface area contributed by atoms with E-state index in [-0.39, 0.29) is 11.7 Å². The number of para-hydroxylation sites is 2. The van der Waals surface area contributed by atoms with E-state index < -0.39 is 0 Å². The predicted octanol–water partition coefficient (Wildman–Crippen LogP) is 3.17. The van der Waals surface area contributed by atoms with Gasteiger partial charge in [0.1, 0.15) is 5.75 Å². The largest absolute Gasteiger partial charge is 0.508 e. The van der Waals surface area contributed by atoms with E-state index in [0.717, 1.165) is 16.8 Å². The summed E-state index contributed by atoms with van der Waals surface area (Å²) < 4.78 is 1.80. The number of aromatic hydroxyl groups is 1. The van der Waals surface area contributed by atoms with Crippen LogP contribution in [0.25, 0.3) is 5.69 Å². The van der Waals surface area contributed by atoms with Gasteiger partial charge in [-0.3, -0.25) is 4.79 Å². The number of rotatable bonds is 6. The van der Waals surface area contributed by atoms with Crippen molar-refractivity contribution in [2.45, 2.75) is 19.4 Å². The SMILES string of the molecule is CN(Cc1cnn(-c2ccccc2)c1)C(=O)CCc1ccccc1O. The fraction of sp³-hybridized carbons (Fsp3) is 0.200. The minimum absolute atomic E-state index is 0.0377. The van der Waals surface area contributed by atoms with Gasteiger partial charge in [-0.1, -0.05) is 36.4 Å². The first-order valence-electron chi connectivity index (χ1n) is 8.23. The third-order valence-corrected chi connectivity index (χ3v) is 4.10. The van der Waals surface area contributed by atoms with Crippen LogP contribution in [0.4, 0.5) is 0 Å². The van der Waals surface area contributed by atoms with E-state index in [2.05, 4.69) is 5.10 Å². The van der Waals surface area contributed by atoms with Crippen LogP contribution in [0.5, 0.6) is 5.75 Å². The molecule has 5 heteroatoms.